The Labute approximate surface area is 110 Å². The third kappa shape index (κ3) is 6.59. The highest BCUT2D eigenvalue weighted by Crippen LogP contribution is 2.06. The number of carbonyl (C=O) groups is 2. The summed E-state index contributed by atoms with van der Waals surface area (Å²) in [6.45, 7) is 7.05. The van der Waals surface area contributed by atoms with Gasteiger partial charge in [0, 0.05) is 13.1 Å². The average Bonchev–Trinajstić information content (AvgIpc) is 2.32. The minimum absolute atomic E-state index is 0.0746. The molecule has 5 nitrogen and oxygen atoms in total. The van der Waals surface area contributed by atoms with E-state index in [9.17, 15) is 9.59 Å². The third-order valence-electron chi connectivity index (χ3n) is 2.63. The first kappa shape index (κ1) is 16.9. The molecule has 106 valence electrons. The van der Waals surface area contributed by atoms with Gasteiger partial charge in [-0.05, 0) is 12.3 Å². The van der Waals surface area contributed by atoms with Crippen molar-refractivity contribution in [2.24, 2.45) is 11.7 Å². The first-order valence-corrected chi connectivity index (χ1v) is 6.53. The SMILES string of the molecule is CCCC(N)C(=O)N(CCC(=O)OC)CC(C)C. The fourth-order valence-corrected chi connectivity index (χ4v) is 1.73. The van der Waals surface area contributed by atoms with E-state index in [1.165, 1.54) is 7.11 Å². The molecule has 0 aliphatic heterocycles. The summed E-state index contributed by atoms with van der Waals surface area (Å²) in [4.78, 5) is 24.9. The van der Waals surface area contributed by atoms with Gasteiger partial charge in [0.2, 0.25) is 5.91 Å². The van der Waals surface area contributed by atoms with Crippen molar-refractivity contribution in [3.63, 3.8) is 0 Å². The Morgan fingerprint density at radius 2 is 1.94 bits per heavy atom. The molecule has 2 N–H and O–H groups in total. The van der Waals surface area contributed by atoms with E-state index in [0.29, 0.717) is 25.4 Å². The first-order valence-electron chi connectivity index (χ1n) is 6.53. The van der Waals surface area contributed by atoms with E-state index in [0.717, 1.165) is 6.42 Å². The van der Waals surface area contributed by atoms with Gasteiger partial charge in [0.1, 0.15) is 0 Å². The van der Waals surface area contributed by atoms with Crippen LogP contribution < -0.4 is 5.73 Å². The summed E-state index contributed by atoms with van der Waals surface area (Å²) in [7, 11) is 1.35. The number of hydrogen-bond donors (Lipinski definition) is 1. The summed E-state index contributed by atoms with van der Waals surface area (Å²) < 4.78 is 4.59. The molecule has 0 bridgehead atoms. The third-order valence-corrected chi connectivity index (χ3v) is 2.63. The standard InChI is InChI=1S/C13H26N2O3/c1-5-6-11(14)13(17)15(9-10(2)3)8-7-12(16)18-4/h10-11H,5-9,14H2,1-4H3. The van der Waals surface area contributed by atoms with Gasteiger partial charge < -0.3 is 15.4 Å². The van der Waals surface area contributed by atoms with E-state index in [4.69, 9.17) is 5.73 Å². The van der Waals surface area contributed by atoms with E-state index in [1.54, 1.807) is 4.90 Å². The zero-order valence-electron chi connectivity index (χ0n) is 11.9. The van der Waals surface area contributed by atoms with Crippen molar-refractivity contribution in [3.8, 4) is 0 Å². The topological polar surface area (TPSA) is 72.6 Å². The Balaban J connectivity index is 4.46. The van der Waals surface area contributed by atoms with Gasteiger partial charge in [-0.2, -0.15) is 0 Å². The fourth-order valence-electron chi connectivity index (χ4n) is 1.73. The zero-order chi connectivity index (χ0) is 14.1. The van der Waals surface area contributed by atoms with Crippen molar-refractivity contribution in [3.05, 3.63) is 0 Å². The molecule has 0 rings (SSSR count). The van der Waals surface area contributed by atoms with Gasteiger partial charge >= 0.3 is 5.97 Å². The molecule has 0 saturated carbocycles. The predicted molar refractivity (Wildman–Crippen MR) is 70.9 cm³/mol. The van der Waals surface area contributed by atoms with Crippen LogP contribution in [0.3, 0.4) is 0 Å². The lowest BCUT2D eigenvalue weighted by atomic mass is 10.1. The number of ether oxygens (including phenoxy) is 1. The molecule has 0 saturated heterocycles. The summed E-state index contributed by atoms with van der Waals surface area (Å²) in [5, 5.41) is 0. The molecular formula is C13H26N2O3. The summed E-state index contributed by atoms with van der Waals surface area (Å²) in [6.07, 6.45) is 1.76. The molecular weight excluding hydrogens is 232 g/mol. The monoisotopic (exact) mass is 258 g/mol. The van der Waals surface area contributed by atoms with E-state index in [1.807, 2.05) is 20.8 Å². The van der Waals surface area contributed by atoms with Crippen LogP contribution in [0.5, 0.6) is 0 Å². The Kier molecular flexibility index (Phi) is 8.37. The van der Waals surface area contributed by atoms with Crippen LogP contribution >= 0.6 is 0 Å². The number of nitrogens with zero attached hydrogens (tertiary/aromatic N) is 1. The molecule has 0 aromatic heterocycles. The van der Waals surface area contributed by atoms with Gasteiger partial charge in [0.15, 0.2) is 0 Å². The molecule has 0 spiro atoms. The van der Waals surface area contributed by atoms with Crippen LogP contribution in [0.1, 0.15) is 40.0 Å². The van der Waals surface area contributed by atoms with E-state index < -0.39 is 6.04 Å². The minimum Gasteiger partial charge on any atom is -0.469 e. The average molecular weight is 258 g/mol. The van der Waals surface area contributed by atoms with Crippen LogP contribution in [0.4, 0.5) is 0 Å². The molecule has 5 heteroatoms. The quantitative estimate of drug-likeness (QED) is 0.663. The van der Waals surface area contributed by atoms with Gasteiger partial charge in [0.25, 0.3) is 0 Å². The van der Waals surface area contributed by atoms with Gasteiger partial charge in [-0.15, -0.1) is 0 Å². The van der Waals surface area contributed by atoms with Crippen LogP contribution in [0.15, 0.2) is 0 Å². The van der Waals surface area contributed by atoms with E-state index >= 15 is 0 Å². The van der Waals surface area contributed by atoms with Gasteiger partial charge in [-0.3, -0.25) is 9.59 Å². The smallest absolute Gasteiger partial charge is 0.307 e. The number of carbonyl (C=O) groups excluding carboxylic acids is 2. The van der Waals surface area contributed by atoms with Gasteiger partial charge in [-0.1, -0.05) is 27.2 Å². The Morgan fingerprint density at radius 3 is 2.39 bits per heavy atom. The number of nitrogens with two attached hydrogens (primary N) is 1. The molecule has 1 unspecified atom stereocenters. The maximum Gasteiger partial charge on any atom is 0.307 e. The maximum atomic E-state index is 12.1. The van der Waals surface area contributed by atoms with Crippen molar-refractivity contribution in [2.45, 2.75) is 46.1 Å². The molecule has 18 heavy (non-hydrogen) atoms. The largest absolute Gasteiger partial charge is 0.469 e. The number of rotatable bonds is 8. The molecule has 0 aromatic carbocycles. The molecule has 0 aliphatic carbocycles. The minimum atomic E-state index is -0.466. The molecule has 0 heterocycles. The van der Waals surface area contributed by atoms with Gasteiger partial charge in [-0.25, -0.2) is 0 Å². The number of methoxy groups -OCH3 is 1. The molecule has 0 aliphatic rings. The Morgan fingerprint density at radius 1 is 1.33 bits per heavy atom. The fraction of sp³-hybridized carbons (Fsp3) is 0.846. The summed E-state index contributed by atoms with van der Waals surface area (Å²) in [6, 6.07) is -0.466. The van der Waals surface area contributed by atoms with Crippen LogP contribution in [-0.2, 0) is 14.3 Å². The molecule has 1 amide bonds. The van der Waals surface area contributed by atoms with Crippen molar-refractivity contribution in [2.75, 3.05) is 20.2 Å². The first-order chi connectivity index (χ1) is 8.42. The van der Waals surface area contributed by atoms with E-state index in [-0.39, 0.29) is 18.3 Å². The Bertz CT molecular complexity index is 267. The van der Waals surface area contributed by atoms with Crippen LogP contribution in [0, 0.1) is 5.92 Å². The van der Waals surface area contributed by atoms with Crippen LogP contribution in [-0.4, -0.2) is 43.0 Å². The lowest BCUT2D eigenvalue weighted by Gasteiger charge is -2.27. The molecule has 0 fully saturated rings. The Hall–Kier alpha value is -1.10. The second-order valence-corrected chi connectivity index (χ2v) is 4.90. The summed E-state index contributed by atoms with van der Waals surface area (Å²) in [5.74, 6) is -0.0319. The summed E-state index contributed by atoms with van der Waals surface area (Å²) >= 11 is 0. The van der Waals surface area contributed by atoms with Crippen LogP contribution in [0.2, 0.25) is 0 Å². The zero-order valence-corrected chi connectivity index (χ0v) is 11.9. The maximum absolute atomic E-state index is 12.1. The highest BCUT2D eigenvalue weighted by Gasteiger charge is 2.21. The number of hydrogen-bond acceptors (Lipinski definition) is 4. The molecule has 0 aromatic rings. The number of esters is 1. The molecule has 1 atom stereocenters. The summed E-state index contributed by atoms with van der Waals surface area (Å²) in [5.41, 5.74) is 5.84. The lowest BCUT2D eigenvalue weighted by molar-refractivity contribution is -0.142. The van der Waals surface area contributed by atoms with Crippen molar-refractivity contribution >= 4 is 11.9 Å². The van der Waals surface area contributed by atoms with Crippen LogP contribution in [0.25, 0.3) is 0 Å². The van der Waals surface area contributed by atoms with Gasteiger partial charge in [0.05, 0.1) is 19.6 Å². The number of amides is 1. The van der Waals surface area contributed by atoms with Crippen molar-refractivity contribution in [1.29, 1.82) is 0 Å². The highest BCUT2D eigenvalue weighted by atomic mass is 16.5. The van der Waals surface area contributed by atoms with Crippen molar-refractivity contribution < 1.29 is 14.3 Å². The highest BCUT2D eigenvalue weighted by molar-refractivity contribution is 5.82. The van der Waals surface area contributed by atoms with E-state index in [2.05, 4.69) is 4.74 Å². The predicted octanol–water partition coefficient (Wildman–Crippen LogP) is 1.16. The second kappa shape index (κ2) is 8.91. The lowest BCUT2D eigenvalue weighted by Crippen LogP contribution is -2.46. The normalized spacial score (nSPS) is 12.3. The molecule has 0 radical (unpaired) electrons. The second-order valence-electron chi connectivity index (χ2n) is 4.90. The van der Waals surface area contributed by atoms with Crippen molar-refractivity contribution in [1.82, 2.24) is 4.90 Å².